The van der Waals surface area contributed by atoms with Gasteiger partial charge in [0.15, 0.2) is 0 Å². The van der Waals surface area contributed by atoms with Gasteiger partial charge in [-0.1, -0.05) is 0 Å². The fourth-order valence-electron chi connectivity index (χ4n) is 1.50. The summed E-state index contributed by atoms with van der Waals surface area (Å²) in [5.41, 5.74) is 0. The lowest BCUT2D eigenvalue weighted by molar-refractivity contribution is -0.0397. The molecule has 0 aromatic heterocycles. The Balaban J connectivity index is 1.98. The minimum absolute atomic E-state index is 0.0606. The molecule has 0 heterocycles. The van der Waals surface area contributed by atoms with Gasteiger partial charge in [-0.3, -0.25) is 0 Å². The average molecular weight is 174 g/mol. The van der Waals surface area contributed by atoms with Crippen molar-refractivity contribution in [3.8, 4) is 0 Å². The maximum absolute atomic E-state index is 9.38. The van der Waals surface area contributed by atoms with Gasteiger partial charge in [0.25, 0.3) is 0 Å². The molecule has 0 saturated heterocycles. The van der Waals surface area contributed by atoms with Crippen molar-refractivity contribution >= 4 is 0 Å². The van der Waals surface area contributed by atoms with E-state index in [4.69, 9.17) is 9.47 Å². The minimum atomic E-state index is -0.244. The van der Waals surface area contributed by atoms with Crippen LogP contribution in [0.4, 0.5) is 0 Å². The second-order valence-electron chi connectivity index (χ2n) is 3.10. The number of hydrogen-bond acceptors (Lipinski definition) is 3. The normalized spacial score (nSPS) is 29.5. The van der Waals surface area contributed by atoms with Crippen molar-refractivity contribution in [3.63, 3.8) is 0 Å². The average Bonchev–Trinajstić information content (AvgIpc) is 2.46. The van der Waals surface area contributed by atoms with E-state index in [2.05, 4.69) is 0 Å². The summed E-state index contributed by atoms with van der Waals surface area (Å²) in [5.74, 6) is 0. The highest BCUT2D eigenvalue weighted by Crippen LogP contribution is 2.21. The van der Waals surface area contributed by atoms with Crippen LogP contribution in [0.1, 0.15) is 26.2 Å². The Morgan fingerprint density at radius 3 is 2.75 bits per heavy atom. The molecule has 0 amide bonds. The van der Waals surface area contributed by atoms with Crippen molar-refractivity contribution in [1.82, 2.24) is 0 Å². The fraction of sp³-hybridized carbons (Fsp3) is 1.00. The molecule has 2 unspecified atom stereocenters. The van der Waals surface area contributed by atoms with E-state index in [0.717, 1.165) is 25.9 Å². The zero-order chi connectivity index (χ0) is 8.81. The molecular weight excluding hydrogens is 156 g/mol. The molecule has 3 nitrogen and oxygen atoms in total. The van der Waals surface area contributed by atoms with Crippen molar-refractivity contribution in [2.24, 2.45) is 0 Å². The molecule has 0 bridgehead atoms. The monoisotopic (exact) mass is 174 g/mol. The van der Waals surface area contributed by atoms with Gasteiger partial charge in [-0.05, 0) is 26.2 Å². The number of aliphatic hydroxyl groups is 1. The minimum Gasteiger partial charge on any atom is -0.390 e. The predicted molar refractivity (Wildman–Crippen MR) is 46.1 cm³/mol. The third-order valence-corrected chi connectivity index (χ3v) is 2.18. The van der Waals surface area contributed by atoms with E-state index in [9.17, 15) is 5.11 Å². The van der Waals surface area contributed by atoms with E-state index in [1.165, 1.54) is 0 Å². The first kappa shape index (κ1) is 9.96. The highest BCUT2D eigenvalue weighted by molar-refractivity contribution is 4.76. The number of hydrogen-bond donors (Lipinski definition) is 1. The van der Waals surface area contributed by atoms with Crippen LogP contribution in [-0.2, 0) is 9.47 Å². The third-order valence-electron chi connectivity index (χ3n) is 2.18. The summed E-state index contributed by atoms with van der Waals surface area (Å²) in [5, 5.41) is 9.38. The number of ether oxygens (including phenoxy) is 2. The molecule has 0 aromatic carbocycles. The summed E-state index contributed by atoms with van der Waals surface area (Å²) in [6, 6.07) is 0. The quantitative estimate of drug-likeness (QED) is 0.631. The highest BCUT2D eigenvalue weighted by Gasteiger charge is 2.25. The fourth-order valence-corrected chi connectivity index (χ4v) is 1.50. The Morgan fingerprint density at radius 1 is 1.33 bits per heavy atom. The van der Waals surface area contributed by atoms with E-state index in [1.807, 2.05) is 6.92 Å². The molecule has 1 aliphatic rings. The molecule has 1 saturated carbocycles. The third kappa shape index (κ3) is 3.09. The van der Waals surface area contributed by atoms with Crippen molar-refractivity contribution in [2.45, 2.75) is 38.4 Å². The van der Waals surface area contributed by atoms with Gasteiger partial charge < -0.3 is 14.6 Å². The van der Waals surface area contributed by atoms with E-state index < -0.39 is 0 Å². The zero-order valence-corrected chi connectivity index (χ0v) is 7.66. The van der Waals surface area contributed by atoms with Crippen LogP contribution >= 0.6 is 0 Å². The Kier molecular flexibility index (Phi) is 4.58. The predicted octanol–water partition coefficient (Wildman–Crippen LogP) is 0.953. The van der Waals surface area contributed by atoms with Gasteiger partial charge >= 0.3 is 0 Å². The topological polar surface area (TPSA) is 38.7 Å². The molecule has 0 radical (unpaired) electrons. The second kappa shape index (κ2) is 5.51. The lowest BCUT2D eigenvalue weighted by Crippen LogP contribution is -2.24. The van der Waals surface area contributed by atoms with Crippen LogP contribution in [0.2, 0.25) is 0 Å². The van der Waals surface area contributed by atoms with Gasteiger partial charge in [0.1, 0.15) is 0 Å². The van der Waals surface area contributed by atoms with Gasteiger partial charge in [-0.2, -0.15) is 0 Å². The van der Waals surface area contributed by atoms with Crippen molar-refractivity contribution in [2.75, 3.05) is 19.8 Å². The van der Waals surface area contributed by atoms with Crippen molar-refractivity contribution < 1.29 is 14.6 Å². The summed E-state index contributed by atoms with van der Waals surface area (Å²) < 4.78 is 10.6. The number of rotatable bonds is 5. The Hall–Kier alpha value is -0.120. The lowest BCUT2D eigenvalue weighted by Gasteiger charge is -2.14. The molecule has 1 rings (SSSR count). The number of aliphatic hydroxyl groups excluding tert-OH is 1. The molecule has 72 valence electrons. The summed E-state index contributed by atoms with van der Waals surface area (Å²) in [4.78, 5) is 0. The van der Waals surface area contributed by atoms with E-state index in [-0.39, 0.29) is 12.2 Å². The summed E-state index contributed by atoms with van der Waals surface area (Å²) in [6.07, 6.45) is 2.78. The van der Waals surface area contributed by atoms with E-state index >= 15 is 0 Å². The lowest BCUT2D eigenvalue weighted by atomic mass is 10.3. The van der Waals surface area contributed by atoms with Gasteiger partial charge in [0.05, 0.1) is 25.4 Å². The Morgan fingerprint density at radius 2 is 2.17 bits per heavy atom. The largest absolute Gasteiger partial charge is 0.390 e. The summed E-state index contributed by atoms with van der Waals surface area (Å²) in [7, 11) is 0. The first-order chi connectivity index (χ1) is 5.84. The smallest absolute Gasteiger partial charge is 0.0835 e. The van der Waals surface area contributed by atoms with E-state index in [1.54, 1.807) is 0 Å². The van der Waals surface area contributed by atoms with Crippen LogP contribution in [0.15, 0.2) is 0 Å². The van der Waals surface area contributed by atoms with Gasteiger partial charge in [-0.15, -0.1) is 0 Å². The van der Waals surface area contributed by atoms with Crippen LogP contribution in [0.3, 0.4) is 0 Å². The van der Waals surface area contributed by atoms with Crippen LogP contribution in [0.5, 0.6) is 0 Å². The molecule has 1 aliphatic carbocycles. The Bertz CT molecular complexity index is 116. The van der Waals surface area contributed by atoms with Crippen LogP contribution in [0, 0.1) is 0 Å². The van der Waals surface area contributed by atoms with Crippen molar-refractivity contribution in [1.29, 1.82) is 0 Å². The van der Waals surface area contributed by atoms with Crippen LogP contribution in [-0.4, -0.2) is 37.1 Å². The molecule has 1 fully saturated rings. The van der Waals surface area contributed by atoms with Gasteiger partial charge in [0, 0.05) is 6.61 Å². The molecule has 12 heavy (non-hydrogen) atoms. The molecule has 0 aromatic rings. The maximum Gasteiger partial charge on any atom is 0.0835 e. The molecule has 0 spiro atoms. The molecule has 1 N–H and O–H groups in total. The highest BCUT2D eigenvalue weighted by atomic mass is 16.5. The SMILES string of the molecule is CCOCCOC1CCCC1O. The standard InChI is InChI=1S/C9H18O3/c1-2-11-6-7-12-9-5-3-4-8(9)10/h8-10H,2-7H2,1H3. The molecule has 0 aliphatic heterocycles. The zero-order valence-electron chi connectivity index (χ0n) is 7.66. The van der Waals surface area contributed by atoms with Gasteiger partial charge in [0.2, 0.25) is 0 Å². The van der Waals surface area contributed by atoms with Crippen LogP contribution in [0.25, 0.3) is 0 Å². The second-order valence-corrected chi connectivity index (χ2v) is 3.10. The summed E-state index contributed by atoms with van der Waals surface area (Å²) >= 11 is 0. The first-order valence-electron chi connectivity index (χ1n) is 4.72. The summed E-state index contributed by atoms with van der Waals surface area (Å²) in [6.45, 7) is 3.94. The first-order valence-corrected chi connectivity index (χ1v) is 4.72. The van der Waals surface area contributed by atoms with Crippen LogP contribution < -0.4 is 0 Å². The molecule has 3 heteroatoms. The molecule has 2 atom stereocenters. The van der Waals surface area contributed by atoms with Crippen molar-refractivity contribution in [3.05, 3.63) is 0 Å². The Labute approximate surface area is 73.7 Å². The van der Waals surface area contributed by atoms with E-state index in [0.29, 0.717) is 13.2 Å². The maximum atomic E-state index is 9.38. The van der Waals surface area contributed by atoms with Gasteiger partial charge in [-0.25, -0.2) is 0 Å². The molecular formula is C9H18O3.